The van der Waals surface area contributed by atoms with E-state index in [1.807, 2.05) is 12.1 Å². The maximum atomic E-state index is 12.2. The van der Waals surface area contributed by atoms with E-state index in [0.29, 0.717) is 34.0 Å². The van der Waals surface area contributed by atoms with Gasteiger partial charge in [-0.25, -0.2) is 18.4 Å². The monoisotopic (exact) mass is 521 g/mol. The summed E-state index contributed by atoms with van der Waals surface area (Å²) in [5.74, 6) is 0.592. The number of benzene rings is 2. The number of nitrogens with zero attached hydrogens (tertiary/aromatic N) is 4. The molecule has 1 fully saturated rings. The number of rotatable bonds is 8. The molecule has 10 heteroatoms. The van der Waals surface area contributed by atoms with E-state index in [0.717, 1.165) is 35.9 Å². The first-order valence-corrected chi connectivity index (χ1v) is 13.8. The van der Waals surface area contributed by atoms with Crippen molar-refractivity contribution < 1.29 is 13.2 Å². The number of nitrogens with one attached hydrogen (secondary N) is 1. The highest BCUT2D eigenvalue weighted by molar-refractivity contribution is 7.92. The molecule has 0 amide bonds. The lowest BCUT2D eigenvalue weighted by Gasteiger charge is -2.30. The van der Waals surface area contributed by atoms with Crippen molar-refractivity contribution in [2.24, 2.45) is 0 Å². The molecule has 1 aliphatic rings. The molecule has 0 spiro atoms. The first-order valence-electron chi connectivity index (χ1n) is 11.7. The van der Waals surface area contributed by atoms with E-state index >= 15 is 0 Å². The third-order valence-corrected chi connectivity index (χ3v) is 8.05. The fourth-order valence-electron chi connectivity index (χ4n) is 4.47. The van der Waals surface area contributed by atoms with Gasteiger partial charge in [-0.3, -0.25) is 4.72 Å². The lowest BCUT2D eigenvalue weighted by atomic mass is 9.92. The smallest absolute Gasteiger partial charge is 0.321 e. The topological polar surface area (TPSA) is 110 Å². The Morgan fingerprint density at radius 2 is 1.97 bits per heavy atom. The van der Waals surface area contributed by atoms with Gasteiger partial charge in [0.2, 0.25) is 10.0 Å². The Balaban J connectivity index is 1.63. The van der Waals surface area contributed by atoms with Crippen LogP contribution < -0.4 is 9.46 Å². The second-order valence-corrected chi connectivity index (χ2v) is 11.0. The second kappa shape index (κ2) is 9.80. The van der Waals surface area contributed by atoms with Gasteiger partial charge in [-0.15, -0.1) is 0 Å². The number of anilines is 1. The first-order chi connectivity index (χ1) is 17.4. The summed E-state index contributed by atoms with van der Waals surface area (Å²) in [4.78, 5) is 8.25. The van der Waals surface area contributed by atoms with E-state index < -0.39 is 10.0 Å². The number of ether oxygens (including phenoxy) is 1. The fraction of sp³-hybridized carbons (Fsp3) is 0.269. The zero-order valence-electron chi connectivity index (χ0n) is 19.6. The molecular formula is C26H24ClN5O3S. The molecule has 0 saturated heterocycles. The molecule has 1 saturated carbocycles. The molecule has 2 aromatic heterocycles. The molecule has 0 bridgehead atoms. The van der Waals surface area contributed by atoms with Crippen LogP contribution in [0.1, 0.15) is 44.2 Å². The quantitative estimate of drug-likeness (QED) is 0.291. The lowest BCUT2D eigenvalue weighted by Crippen LogP contribution is -2.18. The molecule has 4 aromatic rings. The first kappa shape index (κ1) is 24.1. The summed E-state index contributed by atoms with van der Waals surface area (Å²) >= 11 is 6.70. The summed E-state index contributed by atoms with van der Waals surface area (Å²) in [5, 5.41) is 11.3. The molecule has 0 unspecified atom stereocenters. The van der Waals surface area contributed by atoms with Crippen molar-refractivity contribution in [3.8, 4) is 29.1 Å². The number of aromatic nitrogens is 3. The summed E-state index contributed by atoms with van der Waals surface area (Å²) in [6.07, 6.45) is 6.81. The van der Waals surface area contributed by atoms with Crippen molar-refractivity contribution in [1.82, 2.24) is 14.5 Å². The molecule has 5 rings (SSSR count). The van der Waals surface area contributed by atoms with Gasteiger partial charge in [0.05, 0.1) is 27.5 Å². The molecule has 0 atom stereocenters. The second-order valence-electron chi connectivity index (χ2n) is 8.72. The van der Waals surface area contributed by atoms with Crippen molar-refractivity contribution in [2.45, 2.75) is 38.6 Å². The Hall–Kier alpha value is -3.61. The Morgan fingerprint density at radius 1 is 1.19 bits per heavy atom. The van der Waals surface area contributed by atoms with Crippen molar-refractivity contribution >= 4 is 38.2 Å². The van der Waals surface area contributed by atoms with Gasteiger partial charge in [0.15, 0.2) is 0 Å². The number of fused-ring (bicyclic) bond motifs is 1. The van der Waals surface area contributed by atoms with E-state index in [9.17, 15) is 13.7 Å². The highest BCUT2D eigenvalue weighted by Crippen LogP contribution is 2.45. The Bertz CT molecular complexity index is 1570. The van der Waals surface area contributed by atoms with Crippen LogP contribution in [0.15, 0.2) is 54.9 Å². The third-order valence-electron chi connectivity index (χ3n) is 6.25. The highest BCUT2D eigenvalue weighted by Gasteiger charge is 2.29. The van der Waals surface area contributed by atoms with Crippen molar-refractivity contribution in [1.29, 1.82) is 5.26 Å². The van der Waals surface area contributed by atoms with Crippen LogP contribution in [0.2, 0.25) is 5.02 Å². The van der Waals surface area contributed by atoms with Gasteiger partial charge < -0.3 is 9.30 Å². The van der Waals surface area contributed by atoms with Crippen LogP contribution in [0.4, 0.5) is 5.69 Å². The van der Waals surface area contributed by atoms with Crippen molar-refractivity contribution in [3.63, 3.8) is 0 Å². The standard InChI is InChI=1S/C26H24ClN5O3S/c1-2-13-36(33,34)31-17-7-9-21(23(27)14-17)25-22(16-28)20-10-8-19(35-26-29-11-4-12-30-26)15-24(20)32(25)18-5-3-6-18/h4,7-12,14-15,18,31H,2-3,5-6,13H2,1H3. The average molecular weight is 522 g/mol. The van der Waals surface area contributed by atoms with Crippen LogP contribution in [0.3, 0.4) is 0 Å². The molecule has 2 heterocycles. The molecule has 8 nitrogen and oxygen atoms in total. The Morgan fingerprint density at radius 3 is 2.61 bits per heavy atom. The molecule has 1 N–H and O–H groups in total. The van der Waals surface area contributed by atoms with Crippen LogP contribution in [0.25, 0.3) is 22.2 Å². The van der Waals surface area contributed by atoms with Gasteiger partial charge in [0, 0.05) is 41.1 Å². The summed E-state index contributed by atoms with van der Waals surface area (Å²) in [6, 6.07) is 15.1. The lowest BCUT2D eigenvalue weighted by molar-refractivity contribution is 0.324. The molecule has 2 aromatic carbocycles. The van der Waals surface area contributed by atoms with E-state index in [1.165, 1.54) is 0 Å². The zero-order chi connectivity index (χ0) is 25.3. The Kier molecular flexibility index (Phi) is 6.56. The SMILES string of the molecule is CCCS(=O)(=O)Nc1ccc(-c2c(C#N)c3ccc(Oc4ncccn4)cc3n2C2CCC2)c(Cl)c1. The normalized spacial score (nSPS) is 13.8. The van der Waals surface area contributed by atoms with Crippen LogP contribution in [-0.2, 0) is 10.0 Å². The molecule has 36 heavy (non-hydrogen) atoms. The highest BCUT2D eigenvalue weighted by atomic mass is 35.5. The molecule has 184 valence electrons. The minimum atomic E-state index is -3.45. The summed E-state index contributed by atoms with van der Waals surface area (Å²) < 4.78 is 35.0. The maximum absolute atomic E-state index is 12.2. The number of hydrogen-bond acceptors (Lipinski definition) is 6. The molecule has 0 aliphatic heterocycles. The summed E-state index contributed by atoms with van der Waals surface area (Å²) in [7, 11) is -3.45. The number of sulfonamides is 1. The zero-order valence-corrected chi connectivity index (χ0v) is 21.2. The summed E-state index contributed by atoms with van der Waals surface area (Å²) in [5.41, 5.74) is 3.16. The van der Waals surface area contributed by atoms with Crippen molar-refractivity contribution in [3.05, 3.63) is 65.4 Å². The number of nitriles is 1. The van der Waals surface area contributed by atoms with E-state index in [2.05, 4.69) is 25.3 Å². The molecular weight excluding hydrogens is 498 g/mol. The predicted molar refractivity (Wildman–Crippen MR) is 140 cm³/mol. The van der Waals surface area contributed by atoms with Crippen LogP contribution >= 0.6 is 11.6 Å². The van der Waals surface area contributed by atoms with E-state index in [4.69, 9.17) is 16.3 Å². The Labute approximate surface area is 214 Å². The van der Waals surface area contributed by atoms with Gasteiger partial charge in [0.1, 0.15) is 11.8 Å². The van der Waals surface area contributed by atoms with E-state index in [-0.39, 0.29) is 17.8 Å². The van der Waals surface area contributed by atoms with Crippen LogP contribution in [0.5, 0.6) is 11.8 Å². The molecule has 1 aliphatic carbocycles. The van der Waals surface area contributed by atoms with Gasteiger partial charge in [-0.05, 0) is 62.1 Å². The van der Waals surface area contributed by atoms with E-state index in [1.54, 1.807) is 49.6 Å². The van der Waals surface area contributed by atoms with Gasteiger partial charge in [0.25, 0.3) is 0 Å². The number of hydrogen-bond donors (Lipinski definition) is 1. The average Bonchev–Trinajstić information content (AvgIpc) is 3.11. The van der Waals surface area contributed by atoms with Crippen LogP contribution in [0, 0.1) is 11.3 Å². The minimum Gasteiger partial charge on any atom is -0.424 e. The minimum absolute atomic E-state index is 0.0271. The van der Waals surface area contributed by atoms with Gasteiger partial charge >= 0.3 is 6.01 Å². The van der Waals surface area contributed by atoms with Crippen LogP contribution in [-0.4, -0.2) is 28.7 Å². The summed E-state index contributed by atoms with van der Waals surface area (Å²) in [6.45, 7) is 1.81. The third kappa shape index (κ3) is 4.62. The fourth-order valence-corrected chi connectivity index (χ4v) is 5.87. The van der Waals surface area contributed by atoms with Gasteiger partial charge in [-0.1, -0.05) is 18.5 Å². The predicted octanol–water partition coefficient (Wildman–Crippen LogP) is 6.29. The van der Waals surface area contributed by atoms with Crippen molar-refractivity contribution in [2.75, 3.05) is 10.5 Å². The van der Waals surface area contributed by atoms with Gasteiger partial charge in [-0.2, -0.15) is 5.26 Å². The molecule has 0 radical (unpaired) electrons. The largest absolute Gasteiger partial charge is 0.424 e. The number of halogens is 1. The maximum Gasteiger partial charge on any atom is 0.321 e.